The van der Waals surface area contributed by atoms with Crippen LogP contribution in [0.3, 0.4) is 0 Å². The summed E-state index contributed by atoms with van der Waals surface area (Å²) in [6.07, 6.45) is -1.65. The van der Waals surface area contributed by atoms with E-state index >= 15 is 0 Å². The maximum absolute atomic E-state index is 13.6. The molecule has 0 radical (unpaired) electrons. The summed E-state index contributed by atoms with van der Waals surface area (Å²) < 4.78 is 29.9. The third-order valence-corrected chi connectivity index (χ3v) is 4.78. The largest absolute Gasteiger partial charge is 0.466 e. The van der Waals surface area contributed by atoms with Gasteiger partial charge in [-0.2, -0.15) is 4.39 Å². The Kier molecular flexibility index (Phi) is 6.70. The Hall–Kier alpha value is -2.01. The van der Waals surface area contributed by atoms with Crippen molar-refractivity contribution in [2.45, 2.75) is 37.4 Å². The molecular weight excluding hydrogens is 419 g/mol. The average molecular weight is 437 g/mol. The highest BCUT2D eigenvalue weighted by atomic mass is 79.9. The Morgan fingerprint density at radius 1 is 1.31 bits per heavy atom. The predicted octanol–water partition coefficient (Wildman–Crippen LogP) is 0.469. The molecule has 0 amide bonds. The van der Waals surface area contributed by atoms with Crippen LogP contribution in [0.1, 0.15) is 26.5 Å². The minimum atomic E-state index is -1.19. The zero-order chi connectivity index (χ0) is 19.4. The number of halogens is 2. The number of alkyl halides is 1. The van der Waals surface area contributed by atoms with Crippen LogP contribution in [0.5, 0.6) is 0 Å². The lowest BCUT2D eigenvalue weighted by atomic mass is 9.98. The summed E-state index contributed by atoms with van der Waals surface area (Å²) in [5, 5.41) is 0. The molecule has 0 saturated carbocycles. The van der Waals surface area contributed by atoms with Crippen LogP contribution in [-0.4, -0.2) is 45.6 Å². The Balaban J connectivity index is 2.36. The minimum absolute atomic E-state index is 0.110. The number of carbonyl (C=O) groups is 2. The molecule has 0 bridgehead atoms. The molecule has 1 aliphatic heterocycles. The highest BCUT2D eigenvalue weighted by Crippen LogP contribution is 2.40. The molecule has 1 aromatic rings. The Morgan fingerprint density at radius 2 is 1.96 bits per heavy atom. The first-order chi connectivity index (χ1) is 12.3. The number of H-pyrrole nitrogens is 1. The average Bonchev–Trinajstić information content (AvgIpc) is 2.87. The van der Waals surface area contributed by atoms with Gasteiger partial charge < -0.3 is 14.2 Å². The Labute approximate surface area is 155 Å². The van der Waals surface area contributed by atoms with Gasteiger partial charge in [-0.05, 0) is 13.8 Å². The van der Waals surface area contributed by atoms with Crippen molar-refractivity contribution >= 4 is 27.9 Å². The van der Waals surface area contributed by atoms with Crippen LogP contribution >= 0.6 is 15.9 Å². The van der Waals surface area contributed by atoms with E-state index in [1.807, 2.05) is 4.98 Å². The molecule has 2 rings (SSSR count). The number of hydrogen-bond donors (Lipinski definition) is 1. The van der Waals surface area contributed by atoms with Gasteiger partial charge in [0, 0.05) is 0 Å². The lowest BCUT2D eigenvalue weighted by Crippen LogP contribution is -2.37. The van der Waals surface area contributed by atoms with Gasteiger partial charge >= 0.3 is 17.6 Å². The number of rotatable bonds is 6. The fourth-order valence-electron chi connectivity index (χ4n) is 2.67. The molecule has 0 spiro atoms. The quantitative estimate of drug-likeness (QED) is 0.508. The van der Waals surface area contributed by atoms with Gasteiger partial charge in [0.05, 0.1) is 36.8 Å². The third kappa shape index (κ3) is 4.21. The normalized spacial score (nSPS) is 25.1. The van der Waals surface area contributed by atoms with E-state index in [0.717, 1.165) is 4.57 Å². The fourth-order valence-corrected chi connectivity index (χ4v) is 3.61. The van der Waals surface area contributed by atoms with Crippen LogP contribution < -0.4 is 11.2 Å². The summed E-state index contributed by atoms with van der Waals surface area (Å²) in [6, 6.07) is 0. The van der Waals surface area contributed by atoms with Crippen molar-refractivity contribution in [3.05, 3.63) is 32.9 Å². The number of aromatic nitrogens is 2. The molecule has 1 N–H and O–H groups in total. The van der Waals surface area contributed by atoms with Crippen molar-refractivity contribution in [2.24, 2.45) is 5.92 Å². The highest BCUT2D eigenvalue weighted by Gasteiger charge is 2.50. The maximum Gasteiger partial charge on any atom is 0.330 e. The van der Waals surface area contributed by atoms with Crippen molar-refractivity contribution in [1.29, 1.82) is 0 Å². The van der Waals surface area contributed by atoms with E-state index in [2.05, 4.69) is 15.9 Å². The highest BCUT2D eigenvalue weighted by molar-refractivity contribution is 9.09. The number of nitrogens with one attached hydrogen (secondary N) is 1. The first kappa shape index (κ1) is 20.3. The van der Waals surface area contributed by atoms with Crippen LogP contribution in [-0.2, 0) is 23.8 Å². The summed E-state index contributed by atoms with van der Waals surface area (Å²) in [6.45, 7) is 3.52. The molecule has 2 heterocycles. The fraction of sp³-hybridized carbons (Fsp3) is 0.600. The minimum Gasteiger partial charge on any atom is -0.466 e. The molecule has 11 heteroatoms. The molecule has 0 aliphatic carbocycles. The summed E-state index contributed by atoms with van der Waals surface area (Å²) in [4.78, 5) is 48.3. The first-order valence-corrected chi connectivity index (χ1v) is 8.84. The molecule has 9 nitrogen and oxygen atoms in total. The van der Waals surface area contributed by atoms with Gasteiger partial charge in [0.2, 0.25) is 5.82 Å². The molecule has 0 unspecified atom stereocenters. The van der Waals surface area contributed by atoms with Crippen molar-refractivity contribution in [3.63, 3.8) is 0 Å². The standard InChI is InChI=1S/C15H18BrFN2O7/c1-3-24-9(20)5-8-10(14(22)25-4-2)11(16)13(26-8)19-6-7(17)12(21)18-15(19)23/h6,8,10-11,13H,3-5H2,1-2H3,(H,18,21,23)/t8-,10+,11+,13+/m0/s1. The van der Waals surface area contributed by atoms with E-state index in [4.69, 9.17) is 14.2 Å². The smallest absolute Gasteiger partial charge is 0.330 e. The van der Waals surface area contributed by atoms with Gasteiger partial charge in [-0.15, -0.1) is 0 Å². The van der Waals surface area contributed by atoms with Crippen LogP contribution in [0.2, 0.25) is 0 Å². The van der Waals surface area contributed by atoms with Gasteiger partial charge in [0.25, 0.3) is 5.56 Å². The van der Waals surface area contributed by atoms with E-state index in [9.17, 15) is 23.6 Å². The van der Waals surface area contributed by atoms with Crippen molar-refractivity contribution < 1.29 is 28.2 Å². The molecule has 26 heavy (non-hydrogen) atoms. The Bertz CT molecular complexity index is 793. The summed E-state index contributed by atoms with van der Waals surface area (Å²) in [5.41, 5.74) is -2.08. The van der Waals surface area contributed by atoms with Gasteiger partial charge in [-0.25, -0.2) is 4.79 Å². The van der Waals surface area contributed by atoms with Gasteiger partial charge in [0.1, 0.15) is 5.92 Å². The predicted molar refractivity (Wildman–Crippen MR) is 89.3 cm³/mol. The molecule has 0 aromatic carbocycles. The number of ether oxygens (including phenoxy) is 3. The molecule has 4 atom stereocenters. The lowest BCUT2D eigenvalue weighted by Gasteiger charge is -2.18. The zero-order valence-electron chi connectivity index (χ0n) is 14.1. The maximum atomic E-state index is 13.6. The summed E-state index contributed by atoms with van der Waals surface area (Å²) >= 11 is 3.27. The Morgan fingerprint density at radius 3 is 2.58 bits per heavy atom. The van der Waals surface area contributed by atoms with Gasteiger partial charge in [-0.3, -0.25) is 23.9 Å². The number of hydrogen-bond acceptors (Lipinski definition) is 7. The molecule has 1 aromatic heterocycles. The van der Waals surface area contributed by atoms with E-state index in [0.29, 0.717) is 6.20 Å². The van der Waals surface area contributed by atoms with Crippen LogP contribution in [0.15, 0.2) is 15.8 Å². The topological polar surface area (TPSA) is 117 Å². The van der Waals surface area contributed by atoms with Crippen molar-refractivity contribution in [2.75, 3.05) is 13.2 Å². The van der Waals surface area contributed by atoms with Gasteiger partial charge in [-0.1, -0.05) is 15.9 Å². The van der Waals surface area contributed by atoms with Crippen molar-refractivity contribution in [1.82, 2.24) is 9.55 Å². The number of esters is 2. The number of nitrogens with zero attached hydrogens (tertiary/aromatic N) is 1. The molecule has 1 fully saturated rings. The van der Waals surface area contributed by atoms with Crippen LogP contribution in [0, 0.1) is 11.7 Å². The van der Waals surface area contributed by atoms with E-state index in [-0.39, 0.29) is 19.6 Å². The second-order valence-electron chi connectivity index (χ2n) is 5.44. The summed E-state index contributed by atoms with van der Waals surface area (Å²) in [7, 11) is 0. The third-order valence-electron chi connectivity index (χ3n) is 3.76. The van der Waals surface area contributed by atoms with E-state index < -0.39 is 52.1 Å². The second-order valence-corrected chi connectivity index (χ2v) is 6.50. The lowest BCUT2D eigenvalue weighted by molar-refractivity contribution is -0.153. The second kappa shape index (κ2) is 8.58. The van der Waals surface area contributed by atoms with Crippen LogP contribution in [0.25, 0.3) is 0 Å². The van der Waals surface area contributed by atoms with E-state index in [1.54, 1.807) is 13.8 Å². The van der Waals surface area contributed by atoms with Crippen LogP contribution in [0.4, 0.5) is 4.39 Å². The molecule has 144 valence electrons. The van der Waals surface area contributed by atoms with Gasteiger partial charge in [0.15, 0.2) is 6.23 Å². The SMILES string of the molecule is CCOC(=O)C[C@@H]1O[C@@H](n2cc(F)c(=O)[nH]c2=O)[C@H](Br)[C@@H]1C(=O)OCC. The molecule has 1 saturated heterocycles. The van der Waals surface area contributed by atoms with Crippen molar-refractivity contribution in [3.8, 4) is 0 Å². The monoisotopic (exact) mass is 436 g/mol. The molecular formula is C15H18BrFN2O7. The number of aromatic amines is 1. The zero-order valence-corrected chi connectivity index (χ0v) is 15.7. The number of carbonyl (C=O) groups excluding carboxylic acids is 2. The molecule has 1 aliphatic rings. The van der Waals surface area contributed by atoms with E-state index in [1.165, 1.54) is 0 Å². The first-order valence-electron chi connectivity index (χ1n) is 7.92. The summed E-state index contributed by atoms with van der Waals surface area (Å²) in [5.74, 6) is -3.35.